The van der Waals surface area contributed by atoms with Gasteiger partial charge >= 0.3 is 6.09 Å². The highest BCUT2D eigenvalue weighted by molar-refractivity contribution is 8.14. The number of nitrogens with zero attached hydrogens (tertiary/aromatic N) is 1. The lowest BCUT2D eigenvalue weighted by Gasteiger charge is -2.03. The minimum Gasteiger partial charge on any atom is -0.360 e. The number of rotatable bonds is 2. The molecule has 6 heteroatoms. The van der Waals surface area contributed by atoms with Gasteiger partial charge in [-0.25, -0.2) is 4.79 Å². The molecular weight excluding hydrogens is 180 g/mol. The third-order valence-corrected chi connectivity index (χ3v) is 2.23. The highest BCUT2D eigenvalue weighted by Crippen LogP contribution is 2.22. The Morgan fingerprint density at radius 2 is 2.75 bits per heavy atom. The molecule has 1 rings (SSSR count). The van der Waals surface area contributed by atoms with E-state index < -0.39 is 6.09 Å². The Labute approximate surface area is 74.3 Å². The minimum atomic E-state index is -0.898. The molecule has 0 aromatic rings. The first-order valence-corrected chi connectivity index (χ1v) is 4.51. The number of oxime groups is 1. The molecular formula is C6H10N2O3S. The van der Waals surface area contributed by atoms with Crippen LogP contribution < -0.4 is 5.73 Å². The van der Waals surface area contributed by atoms with Crippen molar-refractivity contribution in [1.29, 1.82) is 0 Å². The van der Waals surface area contributed by atoms with Gasteiger partial charge in [-0.15, -0.1) is 0 Å². The van der Waals surface area contributed by atoms with Crippen LogP contribution in [0.5, 0.6) is 0 Å². The molecule has 0 saturated carbocycles. The first-order chi connectivity index (χ1) is 5.74. The number of hydrogen-bond acceptors (Lipinski definition) is 5. The van der Waals surface area contributed by atoms with Gasteiger partial charge in [0, 0.05) is 0 Å². The first kappa shape index (κ1) is 9.34. The van der Waals surface area contributed by atoms with Crippen LogP contribution in [0.1, 0.15) is 13.3 Å². The molecule has 0 aliphatic carbocycles. The van der Waals surface area contributed by atoms with E-state index in [-0.39, 0.29) is 6.10 Å². The quantitative estimate of drug-likeness (QED) is 0.518. The Kier molecular flexibility index (Phi) is 3.36. The monoisotopic (exact) mass is 190 g/mol. The maximum Gasteiger partial charge on any atom is 0.430 e. The molecule has 1 fully saturated rings. The highest BCUT2D eigenvalue weighted by atomic mass is 32.2. The minimum absolute atomic E-state index is 0.0469. The Bertz CT molecular complexity index is 207. The van der Waals surface area contributed by atoms with Crippen molar-refractivity contribution >= 4 is 22.9 Å². The average Bonchev–Trinajstić information content (AvgIpc) is 2.47. The van der Waals surface area contributed by atoms with Crippen LogP contribution in [0.4, 0.5) is 4.79 Å². The predicted molar refractivity (Wildman–Crippen MR) is 45.7 cm³/mol. The van der Waals surface area contributed by atoms with Crippen molar-refractivity contribution in [2.75, 3.05) is 5.94 Å². The van der Waals surface area contributed by atoms with Crippen molar-refractivity contribution in [3.05, 3.63) is 0 Å². The molecule has 68 valence electrons. The number of ether oxygens (including phenoxy) is 1. The third-order valence-electron chi connectivity index (χ3n) is 1.35. The number of thioether (sulfide) groups is 1. The summed E-state index contributed by atoms with van der Waals surface area (Å²) in [5.74, 6) is 0.555. The standard InChI is InChI=1S/C6H10N2O3S/c1-2-4-5(12-3-10-4)8-11-6(7)9/h4H,2-3H2,1H3,(H2,7,9). The second-order valence-electron chi connectivity index (χ2n) is 2.17. The summed E-state index contributed by atoms with van der Waals surface area (Å²) in [5.41, 5.74) is 4.74. The molecule has 0 aromatic heterocycles. The lowest BCUT2D eigenvalue weighted by molar-refractivity contribution is 0.140. The van der Waals surface area contributed by atoms with Crippen molar-refractivity contribution < 1.29 is 14.4 Å². The van der Waals surface area contributed by atoms with E-state index in [1.165, 1.54) is 11.8 Å². The lowest BCUT2D eigenvalue weighted by Crippen LogP contribution is -2.16. The molecule has 1 aliphatic rings. The molecule has 1 unspecified atom stereocenters. The molecule has 1 aliphatic heterocycles. The number of primary amides is 1. The summed E-state index contributed by atoms with van der Waals surface area (Å²) in [7, 11) is 0. The van der Waals surface area contributed by atoms with E-state index in [1.54, 1.807) is 0 Å². The molecule has 0 bridgehead atoms. The lowest BCUT2D eigenvalue weighted by atomic mass is 10.3. The van der Waals surface area contributed by atoms with Crippen LogP contribution in [0.25, 0.3) is 0 Å². The van der Waals surface area contributed by atoms with Gasteiger partial charge in [-0.1, -0.05) is 23.8 Å². The largest absolute Gasteiger partial charge is 0.430 e. The first-order valence-electron chi connectivity index (χ1n) is 3.52. The molecule has 1 amide bonds. The molecule has 1 atom stereocenters. The van der Waals surface area contributed by atoms with Crippen LogP contribution in [0.3, 0.4) is 0 Å². The molecule has 0 aromatic carbocycles. The van der Waals surface area contributed by atoms with E-state index in [1.807, 2.05) is 6.92 Å². The van der Waals surface area contributed by atoms with E-state index in [4.69, 9.17) is 10.5 Å². The third kappa shape index (κ3) is 2.38. The van der Waals surface area contributed by atoms with Crippen molar-refractivity contribution in [3.63, 3.8) is 0 Å². The van der Waals surface area contributed by atoms with E-state index in [2.05, 4.69) is 9.99 Å². The Morgan fingerprint density at radius 1 is 2.00 bits per heavy atom. The smallest absolute Gasteiger partial charge is 0.360 e. The number of carbonyl (C=O) groups is 1. The number of hydrogen-bond donors (Lipinski definition) is 1. The van der Waals surface area contributed by atoms with Crippen LogP contribution in [-0.4, -0.2) is 23.2 Å². The van der Waals surface area contributed by atoms with Crippen molar-refractivity contribution in [2.24, 2.45) is 10.9 Å². The second-order valence-corrected chi connectivity index (χ2v) is 3.11. The van der Waals surface area contributed by atoms with E-state index in [0.717, 1.165) is 6.42 Å². The van der Waals surface area contributed by atoms with Gasteiger partial charge in [0.2, 0.25) is 0 Å². The van der Waals surface area contributed by atoms with Crippen LogP contribution in [0, 0.1) is 0 Å². The van der Waals surface area contributed by atoms with Gasteiger partial charge in [-0.2, -0.15) is 0 Å². The summed E-state index contributed by atoms with van der Waals surface area (Å²) in [6, 6.07) is 0. The van der Waals surface area contributed by atoms with Gasteiger partial charge in [0.05, 0.1) is 5.94 Å². The zero-order valence-electron chi connectivity index (χ0n) is 6.65. The normalized spacial score (nSPS) is 26.1. The predicted octanol–water partition coefficient (Wildman–Crippen LogP) is 0.895. The van der Waals surface area contributed by atoms with E-state index in [9.17, 15) is 4.79 Å². The van der Waals surface area contributed by atoms with Crippen LogP contribution in [0.2, 0.25) is 0 Å². The molecule has 12 heavy (non-hydrogen) atoms. The average molecular weight is 190 g/mol. The highest BCUT2D eigenvalue weighted by Gasteiger charge is 2.23. The maximum atomic E-state index is 10.2. The van der Waals surface area contributed by atoms with Crippen LogP contribution >= 0.6 is 11.8 Å². The molecule has 2 N–H and O–H groups in total. The van der Waals surface area contributed by atoms with Gasteiger partial charge < -0.3 is 10.5 Å². The van der Waals surface area contributed by atoms with E-state index >= 15 is 0 Å². The number of nitrogens with two attached hydrogens (primary N) is 1. The number of amides is 1. The fourth-order valence-corrected chi connectivity index (χ4v) is 1.67. The Hall–Kier alpha value is -0.750. The Balaban J connectivity index is 2.48. The molecule has 5 nitrogen and oxygen atoms in total. The fraction of sp³-hybridized carbons (Fsp3) is 0.667. The topological polar surface area (TPSA) is 73.9 Å². The summed E-state index contributed by atoms with van der Waals surface area (Å²) in [6.45, 7) is 1.97. The summed E-state index contributed by atoms with van der Waals surface area (Å²) >= 11 is 1.41. The summed E-state index contributed by atoms with van der Waals surface area (Å²) in [5, 5.41) is 4.23. The maximum absolute atomic E-state index is 10.2. The Morgan fingerprint density at radius 3 is 3.33 bits per heavy atom. The summed E-state index contributed by atoms with van der Waals surface area (Å²) in [6.07, 6.45) is -0.132. The van der Waals surface area contributed by atoms with Gasteiger partial charge in [-0.3, -0.25) is 4.84 Å². The zero-order chi connectivity index (χ0) is 8.97. The molecule has 0 radical (unpaired) electrons. The van der Waals surface area contributed by atoms with Crippen molar-refractivity contribution in [3.8, 4) is 0 Å². The second kappa shape index (κ2) is 4.32. The zero-order valence-corrected chi connectivity index (χ0v) is 7.47. The summed E-state index contributed by atoms with van der Waals surface area (Å²) in [4.78, 5) is 14.5. The molecule has 1 heterocycles. The van der Waals surface area contributed by atoms with Gasteiger partial charge in [-0.05, 0) is 6.42 Å². The van der Waals surface area contributed by atoms with Gasteiger partial charge in [0.1, 0.15) is 11.1 Å². The van der Waals surface area contributed by atoms with Crippen molar-refractivity contribution in [1.82, 2.24) is 0 Å². The van der Waals surface area contributed by atoms with Gasteiger partial charge in [0.25, 0.3) is 0 Å². The van der Waals surface area contributed by atoms with Gasteiger partial charge in [0.15, 0.2) is 0 Å². The van der Waals surface area contributed by atoms with Crippen molar-refractivity contribution in [2.45, 2.75) is 19.4 Å². The SMILES string of the molecule is CCC1OCSC1=NOC(N)=O. The number of carbonyl (C=O) groups excluding carboxylic acids is 1. The van der Waals surface area contributed by atoms with Crippen LogP contribution in [0.15, 0.2) is 5.16 Å². The molecule has 0 spiro atoms. The van der Waals surface area contributed by atoms with Crippen LogP contribution in [-0.2, 0) is 9.57 Å². The molecule has 1 saturated heterocycles. The van der Waals surface area contributed by atoms with E-state index in [0.29, 0.717) is 11.0 Å². The summed E-state index contributed by atoms with van der Waals surface area (Å²) < 4.78 is 5.25. The fourth-order valence-electron chi connectivity index (χ4n) is 0.808.